The molecule has 4 rings (SSSR count). The summed E-state index contributed by atoms with van der Waals surface area (Å²) in [6, 6.07) is -0.799. The summed E-state index contributed by atoms with van der Waals surface area (Å²) in [6.07, 6.45) is 2.17. The van der Waals surface area contributed by atoms with E-state index in [0.717, 1.165) is 33.0 Å². The second-order valence-electron chi connectivity index (χ2n) is 11.2. The van der Waals surface area contributed by atoms with Crippen molar-refractivity contribution in [2.75, 3.05) is 0 Å². The number of nitrogens with one attached hydrogen (secondary N) is 3. The fourth-order valence-corrected chi connectivity index (χ4v) is 9.86. The van der Waals surface area contributed by atoms with Crippen LogP contribution >= 0.6 is 0 Å². The van der Waals surface area contributed by atoms with Crippen LogP contribution < -0.4 is 16.0 Å². The summed E-state index contributed by atoms with van der Waals surface area (Å²) < 4.78 is 2.54. The molecule has 12 heteroatoms. The minimum atomic E-state index is -0.266. The molecule has 0 radical (unpaired) electrons. The van der Waals surface area contributed by atoms with Crippen LogP contribution in [0.2, 0.25) is 0 Å². The van der Waals surface area contributed by atoms with E-state index in [4.69, 9.17) is 15.0 Å². The molecule has 3 N–H and O–H groups in total. The Balaban J connectivity index is 1.76. The molecule has 3 aromatic rings. The van der Waals surface area contributed by atoms with Gasteiger partial charge in [-0.15, -0.1) is 0 Å². The number of aromatic nitrogens is 3. The van der Waals surface area contributed by atoms with Crippen molar-refractivity contribution in [1.29, 1.82) is 0 Å². The van der Waals surface area contributed by atoms with E-state index in [1.54, 1.807) is 0 Å². The average Bonchev–Trinajstić information content (AvgIpc) is 3.62. The number of hydrogen-bond acceptors (Lipinski definition) is 6. The van der Waals surface area contributed by atoms with E-state index in [1.807, 2.05) is 14.8 Å². The quantitative estimate of drug-likeness (QED) is 0.336. The van der Waals surface area contributed by atoms with Gasteiger partial charge in [0.05, 0.1) is 0 Å². The van der Waals surface area contributed by atoms with Crippen LogP contribution in [0.25, 0.3) is 0 Å². The fourth-order valence-electron chi connectivity index (χ4n) is 4.43. The van der Waals surface area contributed by atoms with Gasteiger partial charge in [0, 0.05) is 0 Å². The van der Waals surface area contributed by atoms with Crippen LogP contribution in [0.5, 0.6) is 0 Å². The molecule has 6 bridgehead atoms. The summed E-state index contributed by atoms with van der Waals surface area (Å²) in [5.41, 5.74) is 1.17. The second kappa shape index (κ2) is 13.2. The third kappa shape index (κ3) is 7.90. The van der Waals surface area contributed by atoms with Gasteiger partial charge in [-0.1, -0.05) is 0 Å². The normalized spacial score (nSPS) is 20.5. The van der Waals surface area contributed by atoms with Crippen molar-refractivity contribution in [2.24, 2.45) is 17.8 Å². The molecule has 3 amide bonds. The molecule has 0 saturated carbocycles. The van der Waals surface area contributed by atoms with Crippen molar-refractivity contribution in [2.45, 2.75) is 78.9 Å². The molecule has 9 nitrogen and oxygen atoms in total. The first-order valence-electron chi connectivity index (χ1n) is 13.3. The summed E-state index contributed by atoms with van der Waals surface area (Å²) in [6.45, 7) is 12.7. The van der Waals surface area contributed by atoms with Gasteiger partial charge >= 0.3 is 249 Å². The summed E-state index contributed by atoms with van der Waals surface area (Å²) >= 11 is -0.415. The zero-order valence-electron chi connectivity index (χ0n) is 23.1. The molecule has 0 unspecified atom stereocenters. The van der Waals surface area contributed by atoms with Gasteiger partial charge in [0.25, 0.3) is 0 Å². The zero-order chi connectivity index (χ0) is 28.3. The topological polar surface area (TPSA) is 126 Å². The van der Waals surface area contributed by atoms with Gasteiger partial charge in [-0.05, 0) is 0 Å². The van der Waals surface area contributed by atoms with Gasteiger partial charge in [0.2, 0.25) is 0 Å². The van der Waals surface area contributed by atoms with E-state index in [0.29, 0.717) is 34.8 Å². The van der Waals surface area contributed by atoms with E-state index in [1.165, 1.54) is 0 Å². The molecule has 0 saturated heterocycles. The number of hydrogen-bond donors (Lipinski definition) is 3. The Morgan fingerprint density at radius 2 is 0.821 bits per heavy atom. The number of carbonyl (C=O) groups excluding carboxylic acids is 3. The van der Waals surface area contributed by atoms with Crippen molar-refractivity contribution in [3.05, 3.63) is 45.6 Å². The van der Waals surface area contributed by atoms with Crippen molar-refractivity contribution in [3.63, 3.8) is 0 Å². The molecule has 39 heavy (non-hydrogen) atoms. The van der Waals surface area contributed by atoms with Crippen molar-refractivity contribution >= 4 is 61.2 Å². The number of nitrogens with zero attached hydrogens (tertiary/aromatic N) is 3. The molecule has 3 aromatic heterocycles. The zero-order valence-corrected chi connectivity index (χ0v) is 28.2. The Kier molecular flexibility index (Phi) is 10.2. The molecule has 3 atom stereocenters. The Labute approximate surface area is 247 Å². The SMILES string of the molecule is CC(C)C[C@@H]1NC(=O)c2c[se]c(n2)[C@H](CC(C)C)NC(=O)c2c[se]c(n2)[C@H](CC(C)C)NC(=O)c2c[se]c1n2. The molecular formula is C27H36N6O3Se3. The van der Waals surface area contributed by atoms with E-state index in [-0.39, 0.29) is 79.4 Å². The first-order chi connectivity index (χ1) is 18.5. The Morgan fingerprint density at radius 1 is 0.564 bits per heavy atom. The number of amides is 3. The van der Waals surface area contributed by atoms with E-state index in [2.05, 4.69) is 57.5 Å². The molecule has 0 fully saturated rings. The average molecular weight is 730 g/mol. The van der Waals surface area contributed by atoms with Crippen molar-refractivity contribution in [3.8, 4) is 0 Å². The van der Waals surface area contributed by atoms with E-state index < -0.39 is 0 Å². The van der Waals surface area contributed by atoms with E-state index in [9.17, 15) is 14.4 Å². The minimum absolute atomic E-state index is 0.138. The van der Waals surface area contributed by atoms with Gasteiger partial charge in [-0.3, -0.25) is 0 Å². The Hall–Kier alpha value is -1.80. The van der Waals surface area contributed by atoms with Gasteiger partial charge in [0.15, 0.2) is 0 Å². The third-order valence-corrected chi connectivity index (χ3v) is 12.2. The van der Waals surface area contributed by atoms with Crippen LogP contribution in [-0.4, -0.2) is 76.2 Å². The van der Waals surface area contributed by atoms with Gasteiger partial charge in [-0.25, -0.2) is 0 Å². The van der Waals surface area contributed by atoms with Crippen LogP contribution in [-0.2, 0) is 0 Å². The maximum absolute atomic E-state index is 13.3. The van der Waals surface area contributed by atoms with Gasteiger partial charge in [0.1, 0.15) is 0 Å². The predicted molar refractivity (Wildman–Crippen MR) is 153 cm³/mol. The molecule has 0 aromatic carbocycles. The molecule has 1 aliphatic rings. The summed E-state index contributed by atoms with van der Waals surface area (Å²) in [7, 11) is 0. The molecule has 0 aliphatic carbocycles. The monoisotopic (exact) mass is 732 g/mol. The third-order valence-electron chi connectivity index (χ3n) is 6.20. The first-order valence-corrected chi connectivity index (χ1v) is 18.8. The molecule has 1 aliphatic heterocycles. The van der Waals surface area contributed by atoms with E-state index >= 15 is 0 Å². The Bertz CT molecular complexity index is 1150. The molecule has 0 spiro atoms. The Morgan fingerprint density at radius 3 is 1.05 bits per heavy atom. The first kappa shape index (κ1) is 30.2. The van der Waals surface area contributed by atoms with Crippen molar-refractivity contribution in [1.82, 2.24) is 30.9 Å². The number of rotatable bonds is 6. The molecule has 210 valence electrons. The standard InChI is InChI=1S/C27H36N6O3Se3/c1-13(2)7-16-25-31-20(10-37-25)23(35)29-18(9-15(5)6)27-33-21(12-39-27)24(36)30-17(8-14(3)4)26-32-19(11-38-26)22(34)28-16/h10-18H,7-9H2,1-6H3,(H,28,34)(H,29,35)(H,30,36)/t16-,17-,18-/m0/s1. The molecular weight excluding hydrogens is 693 g/mol. The second-order valence-corrected chi connectivity index (χ2v) is 16.8. The van der Waals surface area contributed by atoms with Gasteiger partial charge < -0.3 is 0 Å². The summed E-state index contributed by atoms with van der Waals surface area (Å²) in [5, 5.41) is 9.45. The molecule has 4 heterocycles. The predicted octanol–water partition coefficient (Wildman–Crippen LogP) is 2.91. The number of fused-ring (bicyclic) bond motifs is 6. The van der Waals surface area contributed by atoms with Crippen LogP contribution in [0.1, 0.15) is 124 Å². The van der Waals surface area contributed by atoms with Crippen LogP contribution in [0.4, 0.5) is 0 Å². The maximum atomic E-state index is 13.3. The van der Waals surface area contributed by atoms with Crippen LogP contribution in [0.15, 0.2) is 14.8 Å². The summed E-state index contributed by atoms with van der Waals surface area (Å²) in [4.78, 5) is 59.7. The van der Waals surface area contributed by atoms with Crippen LogP contribution in [0, 0.1) is 17.8 Å². The van der Waals surface area contributed by atoms with Gasteiger partial charge in [-0.2, -0.15) is 0 Å². The fraction of sp³-hybridized carbons (Fsp3) is 0.556. The van der Waals surface area contributed by atoms with Crippen LogP contribution in [0.3, 0.4) is 0 Å². The summed E-state index contributed by atoms with van der Waals surface area (Å²) in [5.74, 6) is 0.272. The number of carbonyl (C=O) groups is 3. The van der Waals surface area contributed by atoms with Crippen molar-refractivity contribution < 1.29 is 14.4 Å².